The maximum Gasteiger partial charge on any atom is 0.0385 e. The van der Waals surface area contributed by atoms with E-state index in [0.717, 1.165) is 19.4 Å². The molecule has 0 aromatic rings. The van der Waals surface area contributed by atoms with E-state index in [0.29, 0.717) is 0 Å². The summed E-state index contributed by atoms with van der Waals surface area (Å²) < 4.78 is 0. The van der Waals surface area contributed by atoms with Crippen LogP contribution in [0.15, 0.2) is 17.1 Å². The van der Waals surface area contributed by atoms with E-state index >= 15 is 0 Å². The van der Waals surface area contributed by atoms with E-state index in [1.807, 2.05) is 6.21 Å². The molecule has 0 aliphatic heterocycles. The van der Waals surface area contributed by atoms with Crippen LogP contribution < -0.4 is 0 Å². The fourth-order valence-corrected chi connectivity index (χ4v) is 1.12. The van der Waals surface area contributed by atoms with Crippen molar-refractivity contribution in [2.75, 3.05) is 6.54 Å². The molecule has 0 radical (unpaired) electrons. The molecule has 0 saturated carbocycles. The Kier molecular flexibility index (Phi) is 10.9. The van der Waals surface area contributed by atoms with E-state index < -0.39 is 0 Å². The van der Waals surface area contributed by atoms with Crippen LogP contribution in [0.5, 0.6) is 0 Å². The summed E-state index contributed by atoms with van der Waals surface area (Å²) in [5.74, 6) is 0. The zero-order valence-electron chi connectivity index (χ0n) is 9.13. The molecule has 0 bridgehead atoms. The fourth-order valence-electron chi connectivity index (χ4n) is 1.12. The van der Waals surface area contributed by atoms with Gasteiger partial charge in [0.2, 0.25) is 0 Å². The molecule has 0 heterocycles. The van der Waals surface area contributed by atoms with Gasteiger partial charge in [-0.05, 0) is 12.8 Å². The summed E-state index contributed by atoms with van der Waals surface area (Å²) in [4.78, 5) is 4.34. The first-order valence-corrected chi connectivity index (χ1v) is 5.55. The molecule has 13 heavy (non-hydrogen) atoms. The Morgan fingerprint density at radius 1 is 1.00 bits per heavy atom. The molecule has 0 spiro atoms. The standard InChI is InChI=1S/C12H23N/c1-3-5-7-9-11-13-12-10-8-6-4-2/h5,7,11H,3-4,6,8-10,12H2,1-2H3. The molecule has 0 aromatic carbocycles. The van der Waals surface area contributed by atoms with Crippen LogP contribution >= 0.6 is 0 Å². The van der Waals surface area contributed by atoms with Gasteiger partial charge >= 0.3 is 0 Å². The summed E-state index contributed by atoms with van der Waals surface area (Å²) in [6.45, 7) is 5.40. The first kappa shape index (κ1) is 12.4. The predicted octanol–water partition coefficient (Wildman–Crippen LogP) is 3.99. The van der Waals surface area contributed by atoms with Crippen molar-refractivity contribution in [3.8, 4) is 0 Å². The van der Waals surface area contributed by atoms with Crippen LogP contribution in [0.4, 0.5) is 0 Å². The molecule has 0 aliphatic carbocycles. The monoisotopic (exact) mass is 181 g/mol. The summed E-state index contributed by atoms with van der Waals surface area (Å²) in [5.41, 5.74) is 0. The number of hydrogen-bond acceptors (Lipinski definition) is 1. The maximum atomic E-state index is 4.34. The van der Waals surface area contributed by atoms with Crippen LogP contribution in [-0.4, -0.2) is 12.8 Å². The third-order valence-electron chi connectivity index (χ3n) is 1.91. The second kappa shape index (κ2) is 11.4. The van der Waals surface area contributed by atoms with Crippen LogP contribution in [0.2, 0.25) is 0 Å². The lowest BCUT2D eigenvalue weighted by Crippen LogP contribution is -1.82. The van der Waals surface area contributed by atoms with E-state index in [4.69, 9.17) is 0 Å². The molecule has 0 fully saturated rings. The Labute approximate surface area is 83.0 Å². The van der Waals surface area contributed by atoms with Gasteiger partial charge in [0.15, 0.2) is 0 Å². The molecule has 0 atom stereocenters. The second-order valence-corrected chi connectivity index (χ2v) is 3.26. The minimum Gasteiger partial charge on any atom is -0.297 e. The number of rotatable bonds is 8. The topological polar surface area (TPSA) is 12.4 Å². The number of aliphatic imine (C=N–C) groups is 1. The molecule has 1 nitrogen and oxygen atoms in total. The van der Waals surface area contributed by atoms with Crippen LogP contribution in [0.25, 0.3) is 0 Å². The molecular formula is C12H23N. The fraction of sp³-hybridized carbons (Fsp3) is 0.750. The van der Waals surface area contributed by atoms with Crippen LogP contribution in [0.1, 0.15) is 52.4 Å². The molecule has 1 heteroatoms. The first-order valence-electron chi connectivity index (χ1n) is 5.55. The predicted molar refractivity (Wildman–Crippen MR) is 61.5 cm³/mol. The van der Waals surface area contributed by atoms with Crippen molar-refractivity contribution < 1.29 is 0 Å². The average Bonchev–Trinajstić information content (AvgIpc) is 2.16. The van der Waals surface area contributed by atoms with Gasteiger partial charge in [-0.1, -0.05) is 45.3 Å². The molecule has 76 valence electrons. The molecule has 0 amide bonds. The van der Waals surface area contributed by atoms with Gasteiger partial charge in [-0.3, -0.25) is 4.99 Å². The van der Waals surface area contributed by atoms with Gasteiger partial charge in [-0.2, -0.15) is 0 Å². The largest absolute Gasteiger partial charge is 0.297 e. The molecular weight excluding hydrogens is 158 g/mol. The van der Waals surface area contributed by atoms with E-state index in [-0.39, 0.29) is 0 Å². The quantitative estimate of drug-likeness (QED) is 0.305. The normalized spacial score (nSPS) is 11.8. The van der Waals surface area contributed by atoms with Gasteiger partial charge in [0.25, 0.3) is 0 Å². The van der Waals surface area contributed by atoms with Crippen molar-refractivity contribution >= 4 is 6.21 Å². The van der Waals surface area contributed by atoms with Gasteiger partial charge in [0, 0.05) is 19.2 Å². The van der Waals surface area contributed by atoms with E-state index in [1.165, 1.54) is 25.7 Å². The SMILES string of the molecule is CCC=CCC=NCCCCCC. The highest BCUT2D eigenvalue weighted by Gasteiger charge is 1.83. The number of hydrogen-bond donors (Lipinski definition) is 0. The average molecular weight is 181 g/mol. The van der Waals surface area contributed by atoms with Crippen molar-refractivity contribution in [1.82, 2.24) is 0 Å². The van der Waals surface area contributed by atoms with Gasteiger partial charge in [0.1, 0.15) is 0 Å². The van der Waals surface area contributed by atoms with E-state index in [9.17, 15) is 0 Å². The molecule has 0 N–H and O–H groups in total. The summed E-state index contributed by atoms with van der Waals surface area (Å²) >= 11 is 0. The highest BCUT2D eigenvalue weighted by atomic mass is 14.7. The minimum atomic E-state index is 1.00. The lowest BCUT2D eigenvalue weighted by Gasteiger charge is -1.93. The molecule has 0 aromatic heterocycles. The Hall–Kier alpha value is -0.590. The van der Waals surface area contributed by atoms with Crippen molar-refractivity contribution in [2.24, 2.45) is 4.99 Å². The molecule has 0 saturated heterocycles. The van der Waals surface area contributed by atoms with E-state index in [2.05, 4.69) is 31.0 Å². The number of nitrogens with zero attached hydrogens (tertiary/aromatic N) is 1. The van der Waals surface area contributed by atoms with Crippen molar-refractivity contribution in [1.29, 1.82) is 0 Å². The van der Waals surface area contributed by atoms with Crippen LogP contribution in [0, 0.1) is 0 Å². The highest BCUT2D eigenvalue weighted by Crippen LogP contribution is 1.98. The summed E-state index contributed by atoms with van der Waals surface area (Å²) in [6, 6.07) is 0. The summed E-state index contributed by atoms with van der Waals surface area (Å²) in [5, 5.41) is 0. The molecule has 0 unspecified atom stereocenters. The zero-order valence-corrected chi connectivity index (χ0v) is 9.13. The molecule has 0 rings (SSSR count). The van der Waals surface area contributed by atoms with Gasteiger partial charge in [-0.25, -0.2) is 0 Å². The van der Waals surface area contributed by atoms with Gasteiger partial charge in [0.05, 0.1) is 0 Å². The Balaban J connectivity index is 3.08. The Bertz CT molecular complexity index is 136. The third kappa shape index (κ3) is 11.4. The number of allylic oxidation sites excluding steroid dienone is 2. The van der Waals surface area contributed by atoms with Crippen LogP contribution in [-0.2, 0) is 0 Å². The van der Waals surface area contributed by atoms with Crippen molar-refractivity contribution in [3.63, 3.8) is 0 Å². The smallest absolute Gasteiger partial charge is 0.0385 e. The Morgan fingerprint density at radius 2 is 1.85 bits per heavy atom. The maximum absolute atomic E-state index is 4.34. The second-order valence-electron chi connectivity index (χ2n) is 3.26. The van der Waals surface area contributed by atoms with Gasteiger partial charge in [-0.15, -0.1) is 0 Å². The first-order chi connectivity index (χ1) is 6.41. The Morgan fingerprint density at radius 3 is 2.54 bits per heavy atom. The molecule has 0 aliphatic rings. The van der Waals surface area contributed by atoms with Crippen molar-refractivity contribution in [2.45, 2.75) is 52.4 Å². The summed E-state index contributed by atoms with van der Waals surface area (Å²) in [6.07, 6.45) is 13.8. The van der Waals surface area contributed by atoms with Gasteiger partial charge < -0.3 is 0 Å². The van der Waals surface area contributed by atoms with Crippen LogP contribution in [0.3, 0.4) is 0 Å². The summed E-state index contributed by atoms with van der Waals surface area (Å²) in [7, 11) is 0. The van der Waals surface area contributed by atoms with Crippen molar-refractivity contribution in [3.05, 3.63) is 12.2 Å². The highest BCUT2D eigenvalue weighted by molar-refractivity contribution is 5.59. The lowest BCUT2D eigenvalue weighted by molar-refractivity contribution is 0.675. The van der Waals surface area contributed by atoms with E-state index in [1.54, 1.807) is 0 Å². The minimum absolute atomic E-state index is 1.00. The lowest BCUT2D eigenvalue weighted by atomic mass is 10.2. The third-order valence-corrected chi connectivity index (χ3v) is 1.91. The zero-order chi connectivity index (χ0) is 9.78. The number of unbranched alkanes of at least 4 members (excludes halogenated alkanes) is 3.